The van der Waals surface area contributed by atoms with Crippen molar-refractivity contribution in [3.05, 3.63) is 111 Å². The van der Waals surface area contributed by atoms with Crippen LogP contribution in [0.25, 0.3) is 6.08 Å². The van der Waals surface area contributed by atoms with Gasteiger partial charge in [0.25, 0.3) is 12.9 Å². The number of ketones is 1. The molecular formula is C27H22F4N2O2S. The fourth-order valence-corrected chi connectivity index (χ4v) is 4.67. The topological polar surface area (TPSA) is 44.1 Å². The van der Waals surface area contributed by atoms with E-state index in [9.17, 15) is 22.4 Å². The van der Waals surface area contributed by atoms with Crippen molar-refractivity contribution in [2.45, 2.75) is 25.8 Å². The molecule has 186 valence electrons. The van der Waals surface area contributed by atoms with Gasteiger partial charge in [0, 0.05) is 16.9 Å². The summed E-state index contributed by atoms with van der Waals surface area (Å²) in [7, 11) is 1.42. The number of methoxy groups -OCH3 is 1. The largest absolute Gasteiger partial charge is 0.496 e. The van der Waals surface area contributed by atoms with Crippen molar-refractivity contribution in [1.82, 2.24) is 9.78 Å². The maximum atomic E-state index is 13.4. The zero-order chi connectivity index (χ0) is 25.7. The number of aromatic nitrogens is 2. The molecule has 2 aromatic carbocycles. The van der Waals surface area contributed by atoms with Crippen molar-refractivity contribution >= 4 is 23.2 Å². The van der Waals surface area contributed by atoms with Gasteiger partial charge in [-0.2, -0.15) is 5.10 Å². The Kier molecular flexibility index (Phi) is 8.00. The lowest BCUT2D eigenvalue weighted by atomic mass is 10.1. The van der Waals surface area contributed by atoms with Crippen LogP contribution in [0.1, 0.15) is 55.5 Å². The molecule has 4 nitrogen and oxygen atoms in total. The minimum Gasteiger partial charge on any atom is -0.496 e. The summed E-state index contributed by atoms with van der Waals surface area (Å²) in [6.45, 7) is -0.195. The van der Waals surface area contributed by atoms with E-state index in [1.54, 1.807) is 30.3 Å². The Bertz CT molecular complexity index is 1360. The second-order valence-corrected chi connectivity index (χ2v) is 9.12. The standard InChI is InChI=1S/C27H22F4N2O2S/c1-35-24-11-8-18(13-19(24)16-33-22(27(30)31)15-21(32-33)26(28)29)7-10-23(34)25-12-9-20(36-25)14-17-5-3-2-4-6-17/h2-13,15,26-27H,14,16H2,1H3/b10-7+. The lowest BCUT2D eigenvalue weighted by Crippen LogP contribution is -2.08. The molecule has 0 aliphatic heterocycles. The number of hydrogen-bond donors (Lipinski definition) is 0. The first kappa shape index (κ1) is 25.4. The van der Waals surface area contributed by atoms with Gasteiger partial charge in [-0.25, -0.2) is 17.6 Å². The minimum atomic E-state index is -2.96. The molecular weight excluding hydrogens is 492 g/mol. The van der Waals surface area contributed by atoms with Crippen molar-refractivity contribution < 1.29 is 27.1 Å². The van der Waals surface area contributed by atoms with E-state index in [1.807, 2.05) is 36.4 Å². The van der Waals surface area contributed by atoms with Crippen LogP contribution in [0.4, 0.5) is 17.6 Å². The molecule has 0 atom stereocenters. The number of nitrogens with zero attached hydrogens (tertiary/aromatic N) is 2. The van der Waals surface area contributed by atoms with E-state index >= 15 is 0 Å². The molecule has 0 spiro atoms. The van der Waals surface area contributed by atoms with Gasteiger partial charge in [-0.15, -0.1) is 11.3 Å². The highest BCUT2D eigenvalue weighted by atomic mass is 32.1. The Morgan fingerprint density at radius 3 is 2.50 bits per heavy atom. The maximum absolute atomic E-state index is 13.4. The Hall–Kier alpha value is -3.72. The molecule has 2 aromatic heterocycles. The van der Waals surface area contributed by atoms with Gasteiger partial charge < -0.3 is 4.74 Å². The first-order chi connectivity index (χ1) is 17.3. The average Bonchev–Trinajstić information content (AvgIpc) is 3.51. The third-order valence-electron chi connectivity index (χ3n) is 5.45. The van der Waals surface area contributed by atoms with Gasteiger partial charge in [0.05, 0.1) is 18.5 Å². The number of allylic oxidation sites excluding steroid dienone is 1. The van der Waals surface area contributed by atoms with Crippen LogP contribution in [0.15, 0.2) is 72.8 Å². The number of carbonyl (C=O) groups excluding carboxylic acids is 1. The molecule has 0 aliphatic carbocycles. The van der Waals surface area contributed by atoms with E-state index in [0.717, 1.165) is 21.5 Å². The molecule has 9 heteroatoms. The first-order valence-electron chi connectivity index (χ1n) is 11.0. The van der Waals surface area contributed by atoms with Crippen LogP contribution in [0.2, 0.25) is 0 Å². The Balaban J connectivity index is 1.51. The van der Waals surface area contributed by atoms with E-state index in [2.05, 4.69) is 5.10 Å². The molecule has 2 heterocycles. The Morgan fingerprint density at radius 1 is 1.03 bits per heavy atom. The molecule has 0 unspecified atom stereocenters. The van der Waals surface area contributed by atoms with Crippen molar-refractivity contribution in [2.75, 3.05) is 7.11 Å². The van der Waals surface area contributed by atoms with E-state index in [4.69, 9.17) is 4.74 Å². The number of carbonyl (C=O) groups is 1. The molecule has 4 rings (SSSR count). The van der Waals surface area contributed by atoms with Crippen LogP contribution in [-0.2, 0) is 13.0 Å². The molecule has 0 saturated heterocycles. The third kappa shape index (κ3) is 6.09. The van der Waals surface area contributed by atoms with Gasteiger partial charge in [0.1, 0.15) is 17.1 Å². The van der Waals surface area contributed by atoms with E-state index < -0.39 is 24.2 Å². The van der Waals surface area contributed by atoms with Gasteiger partial charge >= 0.3 is 0 Å². The van der Waals surface area contributed by atoms with Gasteiger partial charge in [0.2, 0.25) is 0 Å². The first-order valence-corrected chi connectivity index (χ1v) is 11.8. The van der Waals surface area contributed by atoms with Gasteiger partial charge in [-0.05, 0) is 47.5 Å². The average molecular weight is 515 g/mol. The van der Waals surface area contributed by atoms with Gasteiger partial charge in [-0.1, -0.05) is 42.5 Å². The normalized spacial score (nSPS) is 11.6. The maximum Gasteiger partial charge on any atom is 0.282 e. The molecule has 0 amide bonds. The predicted octanol–water partition coefficient (Wildman–Crippen LogP) is 7.36. The highest BCUT2D eigenvalue weighted by Gasteiger charge is 2.22. The summed E-state index contributed by atoms with van der Waals surface area (Å²) >= 11 is 1.43. The number of halogens is 4. The zero-order valence-electron chi connectivity index (χ0n) is 19.2. The molecule has 0 fully saturated rings. The Morgan fingerprint density at radius 2 is 1.81 bits per heavy atom. The fraction of sp³-hybridized carbons (Fsp3) is 0.185. The van der Waals surface area contributed by atoms with Crippen LogP contribution < -0.4 is 4.74 Å². The summed E-state index contributed by atoms with van der Waals surface area (Å²) in [5.41, 5.74) is 0.924. The molecule has 0 bridgehead atoms. The molecule has 0 saturated carbocycles. The number of rotatable bonds is 10. The predicted molar refractivity (Wildman–Crippen MR) is 131 cm³/mol. The smallest absolute Gasteiger partial charge is 0.282 e. The van der Waals surface area contributed by atoms with Gasteiger partial charge in [0.15, 0.2) is 5.78 Å². The Labute approximate surface area is 209 Å². The van der Waals surface area contributed by atoms with E-state index in [-0.39, 0.29) is 12.3 Å². The SMILES string of the molecule is COc1ccc(/C=C/C(=O)c2ccc(Cc3ccccc3)s2)cc1Cn1nc(C(F)F)cc1C(F)F. The summed E-state index contributed by atoms with van der Waals surface area (Å²) in [5, 5.41) is 3.64. The van der Waals surface area contributed by atoms with Crippen LogP contribution in [-0.4, -0.2) is 22.7 Å². The summed E-state index contributed by atoms with van der Waals surface area (Å²) in [6.07, 6.45) is -2.13. The second-order valence-electron chi connectivity index (χ2n) is 7.95. The monoisotopic (exact) mass is 514 g/mol. The van der Waals surface area contributed by atoms with Crippen LogP contribution in [0, 0.1) is 0 Å². The third-order valence-corrected chi connectivity index (χ3v) is 6.55. The van der Waals surface area contributed by atoms with E-state index in [1.165, 1.54) is 24.5 Å². The number of thiophene rings is 1. The van der Waals surface area contributed by atoms with Crippen LogP contribution >= 0.6 is 11.3 Å². The van der Waals surface area contributed by atoms with Crippen molar-refractivity contribution in [3.63, 3.8) is 0 Å². The highest BCUT2D eigenvalue weighted by molar-refractivity contribution is 7.14. The number of alkyl halides is 4. The summed E-state index contributed by atoms with van der Waals surface area (Å²) in [4.78, 5) is 14.4. The fourth-order valence-electron chi connectivity index (χ4n) is 3.70. The van der Waals surface area contributed by atoms with Gasteiger partial charge in [-0.3, -0.25) is 9.48 Å². The van der Waals surface area contributed by atoms with Crippen LogP contribution in [0.5, 0.6) is 5.75 Å². The lowest BCUT2D eigenvalue weighted by molar-refractivity contribution is 0.105. The van der Waals surface area contributed by atoms with Crippen molar-refractivity contribution in [3.8, 4) is 5.75 Å². The highest BCUT2D eigenvalue weighted by Crippen LogP contribution is 2.28. The summed E-state index contributed by atoms with van der Waals surface area (Å²) in [6, 6.07) is 19.4. The van der Waals surface area contributed by atoms with E-state index in [0.29, 0.717) is 27.8 Å². The molecule has 36 heavy (non-hydrogen) atoms. The minimum absolute atomic E-state index is 0.162. The molecule has 0 radical (unpaired) electrons. The van der Waals surface area contributed by atoms with Crippen molar-refractivity contribution in [2.24, 2.45) is 0 Å². The van der Waals surface area contributed by atoms with Crippen molar-refractivity contribution in [1.29, 1.82) is 0 Å². The lowest BCUT2D eigenvalue weighted by Gasteiger charge is -2.12. The number of benzene rings is 2. The second kappa shape index (κ2) is 11.3. The zero-order valence-corrected chi connectivity index (χ0v) is 20.0. The quantitative estimate of drug-likeness (QED) is 0.126. The summed E-state index contributed by atoms with van der Waals surface area (Å²) < 4.78 is 58.9. The summed E-state index contributed by atoms with van der Waals surface area (Å²) in [5.74, 6) is 0.224. The molecule has 0 N–H and O–H groups in total. The molecule has 4 aromatic rings. The number of hydrogen-bond acceptors (Lipinski definition) is 4. The number of ether oxygens (including phenoxy) is 1. The van der Waals surface area contributed by atoms with Crippen LogP contribution in [0.3, 0.4) is 0 Å². The molecule has 0 aliphatic rings.